The van der Waals surface area contributed by atoms with Crippen molar-refractivity contribution in [3.05, 3.63) is 0 Å². The summed E-state index contributed by atoms with van der Waals surface area (Å²) in [6, 6.07) is 0.170. The van der Waals surface area contributed by atoms with Crippen LogP contribution in [0.15, 0.2) is 0 Å². The highest BCUT2D eigenvalue weighted by molar-refractivity contribution is 5.85. The lowest BCUT2D eigenvalue weighted by Crippen LogP contribution is -2.38. The van der Waals surface area contributed by atoms with Crippen molar-refractivity contribution >= 4 is 24.2 Å². The fraction of sp³-hybridized carbons (Fsp3) is 0.867. The maximum Gasteiger partial charge on any atom is 0.223 e. The molecule has 1 rings (SSSR count). The molecule has 1 fully saturated rings. The van der Waals surface area contributed by atoms with E-state index in [-0.39, 0.29) is 36.2 Å². The number of carbonyl (C=O) groups excluding carboxylic acids is 2. The van der Waals surface area contributed by atoms with Crippen molar-refractivity contribution in [3.63, 3.8) is 0 Å². The van der Waals surface area contributed by atoms with Gasteiger partial charge in [0.25, 0.3) is 0 Å². The molecule has 0 saturated heterocycles. The predicted octanol–water partition coefficient (Wildman–Crippen LogP) is 1.69. The van der Waals surface area contributed by atoms with E-state index in [1.165, 1.54) is 0 Å². The average Bonchev–Trinajstić information content (AvgIpc) is 2.44. The van der Waals surface area contributed by atoms with Gasteiger partial charge >= 0.3 is 0 Å². The van der Waals surface area contributed by atoms with Crippen molar-refractivity contribution in [1.82, 2.24) is 10.2 Å². The van der Waals surface area contributed by atoms with Crippen molar-refractivity contribution < 1.29 is 9.59 Å². The Morgan fingerprint density at radius 1 is 1.24 bits per heavy atom. The standard InChI is InChI=1S/C15H29N3O2.ClH/c1-3-18(4-2)14(19)9-6-10-17-15(20)12-7-5-8-13(16)11-12;/h12-13H,3-11,16H2,1-2H3,(H,17,20);1H. The molecule has 2 atom stereocenters. The number of carbonyl (C=O) groups is 2. The van der Waals surface area contributed by atoms with Crippen molar-refractivity contribution in [2.24, 2.45) is 11.7 Å². The van der Waals surface area contributed by atoms with Crippen molar-refractivity contribution in [2.75, 3.05) is 19.6 Å². The lowest BCUT2D eigenvalue weighted by molar-refractivity contribution is -0.131. The molecule has 0 aliphatic heterocycles. The Balaban J connectivity index is 0.00000400. The molecule has 6 heteroatoms. The van der Waals surface area contributed by atoms with Gasteiger partial charge < -0.3 is 16.0 Å². The second-order valence-electron chi connectivity index (χ2n) is 5.58. The van der Waals surface area contributed by atoms with Crippen LogP contribution in [0.2, 0.25) is 0 Å². The van der Waals surface area contributed by atoms with Gasteiger partial charge in [0.05, 0.1) is 0 Å². The molecule has 0 aromatic carbocycles. The zero-order valence-electron chi connectivity index (χ0n) is 13.3. The van der Waals surface area contributed by atoms with Gasteiger partial charge in [-0.3, -0.25) is 9.59 Å². The summed E-state index contributed by atoms with van der Waals surface area (Å²) in [6.45, 7) is 6.05. The molecule has 0 radical (unpaired) electrons. The topological polar surface area (TPSA) is 75.4 Å². The van der Waals surface area contributed by atoms with Gasteiger partial charge in [-0.25, -0.2) is 0 Å². The first-order valence-corrected chi connectivity index (χ1v) is 7.89. The molecule has 0 aromatic heterocycles. The van der Waals surface area contributed by atoms with Gasteiger partial charge in [-0.15, -0.1) is 12.4 Å². The van der Waals surface area contributed by atoms with Crippen LogP contribution >= 0.6 is 12.4 Å². The fourth-order valence-electron chi connectivity index (χ4n) is 2.80. The van der Waals surface area contributed by atoms with E-state index < -0.39 is 0 Å². The number of nitrogens with two attached hydrogens (primary N) is 1. The zero-order valence-corrected chi connectivity index (χ0v) is 14.1. The number of amides is 2. The molecule has 0 heterocycles. The third kappa shape index (κ3) is 7.14. The summed E-state index contributed by atoms with van der Waals surface area (Å²) in [5, 5.41) is 2.94. The van der Waals surface area contributed by atoms with Crippen LogP contribution in [-0.4, -0.2) is 42.4 Å². The second-order valence-corrected chi connectivity index (χ2v) is 5.58. The van der Waals surface area contributed by atoms with Crippen molar-refractivity contribution in [3.8, 4) is 0 Å². The quantitative estimate of drug-likeness (QED) is 0.701. The van der Waals surface area contributed by atoms with Crippen LogP contribution in [0.25, 0.3) is 0 Å². The summed E-state index contributed by atoms with van der Waals surface area (Å²) in [4.78, 5) is 25.6. The molecule has 21 heavy (non-hydrogen) atoms. The minimum absolute atomic E-state index is 0. The second kappa shape index (κ2) is 10.9. The van der Waals surface area contributed by atoms with Crippen LogP contribution in [0.5, 0.6) is 0 Å². The molecule has 5 nitrogen and oxygen atoms in total. The van der Waals surface area contributed by atoms with E-state index in [1.54, 1.807) is 0 Å². The van der Waals surface area contributed by atoms with Crippen molar-refractivity contribution in [1.29, 1.82) is 0 Å². The first-order chi connectivity index (χ1) is 9.58. The Morgan fingerprint density at radius 2 is 1.90 bits per heavy atom. The molecule has 1 aliphatic carbocycles. The summed E-state index contributed by atoms with van der Waals surface area (Å²) in [5.41, 5.74) is 5.89. The van der Waals surface area contributed by atoms with Crippen LogP contribution in [0, 0.1) is 5.92 Å². The van der Waals surface area contributed by atoms with E-state index in [0.717, 1.165) is 38.8 Å². The van der Waals surface area contributed by atoms with E-state index in [0.29, 0.717) is 19.4 Å². The first kappa shape index (κ1) is 20.2. The molecule has 124 valence electrons. The monoisotopic (exact) mass is 319 g/mol. The Bertz CT molecular complexity index is 322. The lowest BCUT2D eigenvalue weighted by Gasteiger charge is -2.25. The highest BCUT2D eigenvalue weighted by Crippen LogP contribution is 2.23. The Hall–Kier alpha value is -0.810. The summed E-state index contributed by atoms with van der Waals surface area (Å²) >= 11 is 0. The first-order valence-electron chi connectivity index (χ1n) is 7.89. The minimum Gasteiger partial charge on any atom is -0.356 e. The molecular formula is C15H30ClN3O2. The normalized spacial score (nSPS) is 21.3. The molecule has 0 spiro atoms. The molecule has 2 amide bonds. The summed E-state index contributed by atoms with van der Waals surface area (Å²) in [7, 11) is 0. The van der Waals surface area contributed by atoms with Gasteiger partial charge in [0.15, 0.2) is 0 Å². The molecule has 2 unspecified atom stereocenters. The van der Waals surface area contributed by atoms with Crippen LogP contribution in [0.3, 0.4) is 0 Å². The number of halogens is 1. The Morgan fingerprint density at radius 3 is 2.48 bits per heavy atom. The predicted molar refractivity (Wildman–Crippen MR) is 87.4 cm³/mol. The summed E-state index contributed by atoms with van der Waals surface area (Å²) in [5.74, 6) is 0.344. The highest BCUT2D eigenvalue weighted by Gasteiger charge is 2.24. The Labute approximate surface area is 134 Å². The third-order valence-corrected chi connectivity index (χ3v) is 4.07. The maximum absolute atomic E-state index is 12.0. The number of nitrogens with zero attached hydrogens (tertiary/aromatic N) is 1. The molecular weight excluding hydrogens is 290 g/mol. The van der Waals surface area contributed by atoms with Crippen LogP contribution in [0.1, 0.15) is 52.4 Å². The van der Waals surface area contributed by atoms with Crippen molar-refractivity contribution in [2.45, 2.75) is 58.4 Å². The van der Waals surface area contributed by atoms with E-state index in [9.17, 15) is 9.59 Å². The minimum atomic E-state index is 0. The summed E-state index contributed by atoms with van der Waals surface area (Å²) < 4.78 is 0. The number of hydrogen-bond donors (Lipinski definition) is 2. The van der Waals surface area contributed by atoms with E-state index in [4.69, 9.17) is 5.73 Å². The molecule has 1 aliphatic rings. The van der Waals surface area contributed by atoms with Gasteiger partial charge in [-0.2, -0.15) is 0 Å². The van der Waals surface area contributed by atoms with E-state index in [1.807, 2.05) is 18.7 Å². The average molecular weight is 320 g/mol. The number of rotatable bonds is 7. The fourth-order valence-corrected chi connectivity index (χ4v) is 2.80. The SMILES string of the molecule is CCN(CC)C(=O)CCCNC(=O)C1CCCC(N)C1.Cl. The maximum atomic E-state index is 12.0. The molecule has 0 aromatic rings. The summed E-state index contributed by atoms with van der Waals surface area (Å²) in [6.07, 6.45) is 5.02. The molecule has 0 bridgehead atoms. The lowest BCUT2D eigenvalue weighted by atomic mass is 9.85. The van der Waals surface area contributed by atoms with Crippen LogP contribution < -0.4 is 11.1 Å². The number of hydrogen-bond acceptors (Lipinski definition) is 3. The van der Waals surface area contributed by atoms with Gasteiger partial charge in [-0.05, 0) is 39.5 Å². The van der Waals surface area contributed by atoms with Crippen LogP contribution in [0.4, 0.5) is 0 Å². The zero-order chi connectivity index (χ0) is 15.0. The smallest absolute Gasteiger partial charge is 0.223 e. The Kier molecular flexibility index (Phi) is 10.4. The van der Waals surface area contributed by atoms with Gasteiger partial charge in [0.2, 0.25) is 11.8 Å². The van der Waals surface area contributed by atoms with E-state index in [2.05, 4.69) is 5.32 Å². The van der Waals surface area contributed by atoms with Gasteiger partial charge in [0.1, 0.15) is 0 Å². The van der Waals surface area contributed by atoms with Crippen LogP contribution in [-0.2, 0) is 9.59 Å². The largest absolute Gasteiger partial charge is 0.356 e. The van der Waals surface area contributed by atoms with Gasteiger partial charge in [0, 0.05) is 38.0 Å². The van der Waals surface area contributed by atoms with E-state index >= 15 is 0 Å². The third-order valence-electron chi connectivity index (χ3n) is 4.07. The number of nitrogens with one attached hydrogen (secondary N) is 1. The molecule has 3 N–H and O–H groups in total. The van der Waals surface area contributed by atoms with Gasteiger partial charge in [-0.1, -0.05) is 6.42 Å². The molecule has 1 saturated carbocycles. The highest BCUT2D eigenvalue weighted by atomic mass is 35.5.